The molecule has 1 saturated carbocycles. The van der Waals surface area contributed by atoms with Gasteiger partial charge in [-0.25, -0.2) is 4.79 Å². The van der Waals surface area contributed by atoms with Gasteiger partial charge < -0.3 is 10.6 Å². The quantitative estimate of drug-likeness (QED) is 0.655. The Bertz CT molecular complexity index is 336. The van der Waals surface area contributed by atoms with Crippen molar-refractivity contribution in [1.82, 2.24) is 20.9 Å². The van der Waals surface area contributed by atoms with Crippen LogP contribution in [0.15, 0.2) is 0 Å². The van der Waals surface area contributed by atoms with Gasteiger partial charge in [-0.05, 0) is 64.7 Å². The Morgan fingerprint density at radius 2 is 1.85 bits per heavy atom. The first-order valence-corrected chi connectivity index (χ1v) is 7.64. The zero-order valence-electron chi connectivity index (χ0n) is 12.3. The molecule has 0 spiro atoms. The molecule has 2 rings (SSSR count). The molecule has 0 bridgehead atoms. The Balaban J connectivity index is 1.59. The van der Waals surface area contributed by atoms with Gasteiger partial charge in [0, 0.05) is 6.04 Å². The van der Waals surface area contributed by atoms with Crippen molar-refractivity contribution in [3.8, 4) is 0 Å². The number of nitrogens with zero attached hydrogens (tertiary/aromatic N) is 1. The molecule has 6 nitrogen and oxygen atoms in total. The zero-order chi connectivity index (χ0) is 14.4. The van der Waals surface area contributed by atoms with Crippen LogP contribution in [-0.4, -0.2) is 56.1 Å². The SMILES string of the molecule is CNCCC1CCN(CC(=O)NC(=O)NC2CC2)CC1. The number of urea groups is 1. The predicted octanol–water partition coefficient (Wildman–Crippen LogP) is 0.296. The second-order valence-electron chi connectivity index (χ2n) is 5.91. The second kappa shape index (κ2) is 7.59. The van der Waals surface area contributed by atoms with E-state index in [0.717, 1.165) is 51.2 Å². The summed E-state index contributed by atoms with van der Waals surface area (Å²) in [6.45, 7) is 3.29. The molecule has 0 aromatic rings. The molecule has 20 heavy (non-hydrogen) atoms. The van der Waals surface area contributed by atoms with Gasteiger partial charge in [-0.15, -0.1) is 0 Å². The topological polar surface area (TPSA) is 73.5 Å². The molecule has 0 unspecified atom stereocenters. The third-order valence-corrected chi connectivity index (χ3v) is 4.04. The molecular formula is C14H26N4O2. The van der Waals surface area contributed by atoms with Crippen molar-refractivity contribution in [2.45, 2.75) is 38.1 Å². The zero-order valence-corrected chi connectivity index (χ0v) is 12.3. The van der Waals surface area contributed by atoms with Crippen LogP contribution in [0.1, 0.15) is 32.1 Å². The van der Waals surface area contributed by atoms with E-state index in [1.165, 1.54) is 6.42 Å². The molecule has 0 aromatic carbocycles. The lowest BCUT2D eigenvalue weighted by atomic mass is 9.93. The van der Waals surface area contributed by atoms with Gasteiger partial charge in [0.25, 0.3) is 0 Å². The summed E-state index contributed by atoms with van der Waals surface area (Å²) in [5.74, 6) is 0.566. The highest BCUT2D eigenvalue weighted by molar-refractivity contribution is 5.95. The fraction of sp³-hybridized carbons (Fsp3) is 0.857. The van der Waals surface area contributed by atoms with E-state index in [9.17, 15) is 9.59 Å². The van der Waals surface area contributed by atoms with Crippen molar-refractivity contribution in [1.29, 1.82) is 0 Å². The van der Waals surface area contributed by atoms with Gasteiger partial charge >= 0.3 is 6.03 Å². The van der Waals surface area contributed by atoms with Crippen LogP contribution >= 0.6 is 0 Å². The number of amides is 3. The van der Waals surface area contributed by atoms with Crippen LogP contribution in [0.5, 0.6) is 0 Å². The molecule has 2 fully saturated rings. The first-order chi connectivity index (χ1) is 9.67. The lowest BCUT2D eigenvalue weighted by molar-refractivity contribution is -0.121. The van der Waals surface area contributed by atoms with E-state index in [4.69, 9.17) is 0 Å². The summed E-state index contributed by atoms with van der Waals surface area (Å²) in [6, 6.07) is -0.0628. The average Bonchev–Trinajstić information content (AvgIpc) is 3.21. The van der Waals surface area contributed by atoms with E-state index in [-0.39, 0.29) is 18.0 Å². The molecule has 0 radical (unpaired) electrons. The van der Waals surface area contributed by atoms with Crippen molar-refractivity contribution >= 4 is 11.9 Å². The van der Waals surface area contributed by atoms with Crippen LogP contribution in [0.3, 0.4) is 0 Å². The first kappa shape index (κ1) is 15.3. The second-order valence-corrected chi connectivity index (χ2v) is 5.91. The molecule has 1 aliphatic heterocycles. The van der Waals surface area contributed by atoms with Crippen LogP contribution in [0.2, 0.25) is 0 Å². The lowest BCUT2D eigenvalue weighted by Crippen LogP contribution is -2.46. The van der Waals surface area contributed by atoms with E-state index in [2.05, 4.69) is 20.9 Å². The molecule has 3 N–H and O–H groups in total. The number of nitrogens with one attached hydrogen (secondary N) is 3. The fourth-order valence-electron chi connectivity index (χ4n) is 2.60. The maximum absolute atomic E-state index is 11.8. The Hall–Kier alpha value is -1.14. The molecular weight excluding hydrogens is 256 g/mol. The van der Waals surface area contributed by atoms with E-state index in [1.807, 2.05) is 7.05 Å². The van der Waals surface area contributed by atoms with Gasteiger partial charge in [0.05, 0.1) is 6.54 Å². The van der Waals surface area contributed by atoms with Crippen molar-refractivity contribution in [3.63, 3.8) is 0 Å². The molecule has 0 atom stereocenters. The minimum Gasteiger partial charge on any atom is -0.335 e. The van der Waals surface area contributed by atoms with E-state index in [0.29, 0.717) is 6.54 Å². The number of hydrogen-bond donors (Lipinski definition) is 3. The van der Waals surface area contributed by atoms with Gasteiger partial charge in [0.15, 0.2) is 0 Å². The van der Waals surface area contributed by atoms with E-state index in [1.54, 1.807) is 0 Å². The number of rotatable bonds is 6. The maximum atomic E-state index is 11.8. The van der Waals surface area contributed by atoms with Gasteiger partial charge in [-0.2, -0.15) is 0 Å². The number of carbonyl (C=O) groups excluding carboxylic acids is 2. The van der Waals surface area contributed by atoms with E-state index < -0.39 is 0 Å². The Morgan fingerprint density at radius 1 is 1.15 bits per heavy atom. The monoisotopic (exact) mass is 282 g/mol. The van der Waals surface area contributed by atoms with Crippen molar-refractivity contribution in [2.24, 2.45) is 5.92 Å². The standard InChI is InChI=1S/C14H26N4O2/c1-15-7-4-11-5-8-18(9-6-11)10-13(19)17-14(20)16-12-2-3-12/h11-12,15H,2-10H2,1H3,(H2,16,17,19,20). The Morgan fingerprint density at radius 3 is 2.45 bits per heavy atom. The summed E-state index contributed by atoms with van der Waals surface area (Å²) in [4.78, 5) is 25.3. The predicted molar refractivity (Wildman–Crippen MR) is 77.4 cm³/mol. The summed E-state index contributed by atoms with van der Waals surface area (Å²) >= 11 is 0. The minimum atomic E-state index is -0.346. The van der Waals surface area contributed by atoms with Gasteiger partial charge in [-0.3, -0.25) is 15.0 Å². The minimum absolute atomic E-state index is 0.197. The summed E-state index contributed by atoms with van der Waals surface area (Å²) < 4.78 is 0. The summed E-state index contributed by atoms with van der Waals surface area (Å²) in [6.07, 6.45) is 5.55. The number of imide groups is 1. The molecule has 6 heteroatoms. The smallest absolute Gasteiger partial charge is 0.321 e. The largest absolute Gasteiger partial charge is 0.335 e. The molecule has 0 aromatic heterocycles. The van der Waals surface area contributed by atoms with Crippen molar-refractivity contribution in [3.05, 3.63) is 0 Å². The fourth-order valence-corrected chi connectivity index (χ4v) is 2.60. The summed E-state index contributed by atoms with van der Waals surface area (Å²) in [7, 11) is 1.98. The van der Waals surface area contributed by atoms with Crippen LogP contribution in [0.25, 0.3) is 0 Å². The van der Waals surface area contributed by atoms with Gasteiger partial charge in [-0.1, -0.05) is 0 Å². The average molecular weight is 282 g/mol. The number of hydrogen-bond acceptors (Lipinski definition) is 4. The van der Waals surface area contributed by atoms with Gasteiger partial charge in [0.2, 0.25) is 5.91 Å². The highest BCUT2D eigenvalue weighted by Crippen LogP contribution is 2.20. The number of carbonyl (C=O) groups is 2. The molecule has 1 saturated heterocycles. The first-order valence-electron chi connectivity index (χ1n) is 7.64. The third kappa shape index (κ3) is 5.46. The van der Waals surface area contributed by atoms with Crippen LogP contribution < -0.4 is 16.0 Å². The van der Waals surface area contributed by atoms with Gasteiger partial charge in [0.1, 0.15) is 0 Å². The lowest BCUT2D eigenvalue weighted by Gasteiger charge is -2.31. The summed E-state index contributed by atoms with van der Waals surface area (Å²) in [5, 5.41) is 8.34. The molecule has 3 amide bonds. The number of piperidine rings is 1. The number of likely N-dealkylation sites (tertiary alicyclic amines) is 1. The summed E-state index contributed by atoms with van der Waals surface area (Å²) in [5.41, 5.74) is 0. The molecule has 1 aliphatic carbocycles. The van der Waals surface area contributed by atoms with Crippen LogP contribution in [0.4, 0.5) is 4.79 Å². The van der Waals surface area contributed by atoms with Crippen LogP contribution in [0, 0.1) is 5.92 Å². The molecule has 114 valence electrons. The highest BCUT2D eigenvalue weighted by Gasteiger charge is 2.25. The van der Waals surface area contributed by atoms with E-state index >= 15 is 0 Å². The normalized spacial score (nSPS) is 20.6. The molecule has 1 heterocycles. The molecule has 2 aliphatic rings. The van der Waals surface area contributed by atoms with Crippen LogP contribution in [-0.2, 0) is 4.79 Å². The highest BCUT2D eigenvalue weighted by atomic mass is 16.2. The Labute approximate surface area is 120 Å². The van der Waals surface area contributed by atoms with Crippen molar-refractivity contribution in [2.75, 3.05) is 33.2 Å². The third-order valence-electron chi connectivity index (χ3n) is 4.04. The Kier molecular flexibility index (Phi) is 5.79. The maximum Gasteiger partial charge on any atom is 0.321 e. The van der Waals surface area contributed by atoms with Crippen molar-refractivity contribution < 1.29 is 9.59 Å².